The maximum atomic E-state index is 11.1. The molecule has 4 heteroatoms. The lowest BCUT2D eigenvalue weighted by molar-refractivity contribution is 0.0696. The Kier molecular flexibility index (Phi) is 2.84. The lowest BCUT2D eigenvalue weighted by Gasteiger charge is -1.98. The van der Waals surface area contributed by atoms with Gasteiger partial charge < -0.3 is 10.1 Å². The molecule has 0 aliphatic rings. The van der Waals surface area contributed by atoms with Crippen LogP contribution < -0.4 is 5.56 Å². The van der Waals surface area contributed by atoms with E-state index < -0.39 is 5.97 Å². The third kappa shape index (κ3) is 2.18. The van der Waals surface area contributed by atoms with Crippen molar-refractivity contribution in [2.24, 2.45) is 0 Å². The van der Waals surface area contributed by atoms with Gasteiger partial charge in [0.1, 0.15) is 0 Å². The van der Waals surface area contributed by atoms with Crippen molar-refractivity contribution in [3.05, 3.63) is 33.7 Å². The summed E-state index contributed by atoms with van der Waals surface area (Å²) < 4.78 is 0. The number of carbonyl (C=O) groups is 1. The average molecular weight is 181 g/mol. The molecular weight excluding hydrogens is 170 g/mol. The number of rotatable bonds is 3. The predicted molar refractivity (Wildman–Crippen MR) is 48.0 cm³/mol. The Morgan fingerprint density at radius 3 is 2.85 bits per heavy atom. The van der Waals surface area contributed by atoms with Crippen molar-refractivity contribution >= 4 is 5.97 Å². The molecule has 0 unspecified atom stereocenters. The van der Waals surface area contributed by atoms with E-state index >= 15 is 0 Å². The van der Waals surface area contributed by atoms with Gasteiger partial charge in [0.05, 0.1) is 5.56 Å². The molecule has 1 aromatic heterocycles. The van der Waals surface area contributed by atoms with E-state index in [4.69, 9.17) is 5.11 Å². The van der Waals surface area contributed by atoms with Crippen molar-refractivity contribution in [3.63, 3.8) is 0 Å². The van der Waals surface area contributed by atoms with Gasteiger partial charge in [-0.1, -0.05) is 13.3 Å². The maximum absolute atomic E-state index is 11.1. The fourth-order valence-electron chi connectivity index (χ4n) is 1.11. The Labute approximate surface area is 75.2 Å². The van der Waals surface area contributed by atoms with Crippen LogP contribution in [0.1, 0.15) is 29.3 Å². The van der Waals surface area contributed by atoms with Crippen LogP contribution in [0.3, 0.4) is 0 Å². The number of aromatic amines is 1. The molecule has 0 aliphatic carbocycles. The first-order valence-electron chi connectivity index (χ1n) is 4.10. The molecule has 1 aromatic rings. The molecule has 0 saturated heterocycles. The van der Waals surface area contributed by atoms with Crippen LogP contribution in [0.25, 0.3) is 0 Å². The van der Waals surface area contributed by atoms with Gasteiger partial charge in [0.15, 0.2) is 0 Å². The molecule has 0 aromatic carbocycles. The number of hydrogen-bond donors (Lipinski definition) is 2. The van der Waals surface area contributed by atoms with Gasteiger partial charge in [-0.05, 0) is 12.5 Å². The van der Waals surface area contributed by atoms with E-state index in [0.717, 1.165) is 6.42 Å². The lowest BCUT2D eigenvalue weighted by Crippen LogP contribution is -2.14. The van der Waals surface area contributed by atoms with Crippen molar-refractivity contribution < 1.29 is 9.90 Å². The number of hydrogen-bond acceptors (Lipinski definition) is 2. The SMILES string of the molecule is CCCc1cc(C(=O)O)c[nH]c1=O. The molecule has 2 N–H and O–H groups in total. The fourth-order valence-corrected chi connectivity index (χ4v) is 1.11. The zero-order valence-corrected chi connectivity index (χ0v) is 7.33. The van der Waals surface area contributed by atoms with E-state index in [0.29, 0.717) is 12.0 Å². The molecule has 0 bridgehead atoms. The number of pyridine rings is 1. The molecule has 1 rings (SSSR count). The summed E-state index contributed by atoms with van der Waals surface area (Å²) >= 11 is 0. The molecule has 0 amide bonds. The molecule has 4 nitrogen and oxygen atoms in total. The molecule has 70 valence electrons. The smallest absolute Gasteiger partial charge is 0.337 e. The minimum Gasteiger partial charge on any atom is -0.478 e. The van der Waals surface area contributed by atoms with Gasteiger partial charge in [0.2, 0.25) is 0 Å². The van der Waals surface area contributed by atoms with E-state index in [1.807, 2.05) is 6.92 Å². The molecule has 0 atom stereocenters. The van der Waals surface area contributed by atoms with Crippen molar-refractivity contribution in [2.45, 2.75) is 19.8 Å². The van der Waals surface area contributed by atoms with Crippen LogP contribution in [0.15, 0.2) is 17.1 Å². The van der Waals surface area contributed by atoms with E-state index in [1.165, 1.54) is 12.3 Å². The Morgan fingerprint density at radius 2 is 2.31 bits per heavy atom. The van der Waals surface area contributed by atoms with Crippen LogP contribution in [-0.4, -0.2) is 16.1 Å². The number of carboxylic acid groups (broad SMARTS) is 1. The van der Waals surface area contributed by atoms with Gasteiger partial charge in [0, 0.05) is 11.8 Å². The lowest BCUT2D eigenvalue weighted by atomic mass is 10.1. The summed E-state index contributed by atoms with van der Waals surface area (Å²) in [4.78, 5) is 24.1. The second-order valence-corrected chi connectivity index (χ2v) is 2.80. The Hall–Kier alpha value is -1.58. The molecule has 0 radical (unpaired) electrons. The highest BCUT2D eigenvalue weighted by Gasteiger charge is 2.05. The van der Waals surface area contributed by atoms with E-state index in [9.17, 15) is 9.59 Å². The standard InChI is InChI=1S/C9H11NO3/c1-2-3-6-4-7(9(12)13)5-10-8(6)11/h4-5H,2-3H2,1H3,(H,10,11)(H,12,13). The molecule has 0 saturated carbocycles. The average Bonchev–Trinajstić information content (AvgIpc) is 2.08. The minimum atomic E-state index is -1.02. The maximum Gasteiger partial charge on any atom is 0.337 e. The van der Waals surface area contributed by atoms with Crippen LogP contribution in [0, 0.1) is 0 Å². The summed E-state index contributed by atoms with van der Waals surface area (Å²) in [5.74, 6) is -1.02. The van der Waals surface area contributed by atoms with Gasteiger partial charge in [-0.2, -0.15) is 0 Å². The minimum absolute atomic E-state index is 0.128. The van der Waals surface area contributed by atoms with Crippen LogP contribution in [0.5, 0.6) is 0 Å². The third-order valence-electron chi connectivity index (χ3n) is 1.75. The van der Waals surface area contributed by atoms with Crippen LogP contribution in [0.4, 0.5) is 0 Å². The van der Waals surface area contributed by atoms with Crippen LogP contribution in [0.2, 0.25) is 0 Å². The monoisotopic (exact) mass is 181 g/mol. The second-order valence-electron chi connectivity index (χ2n) is 2.80. The zero-order valence-electron chi connectivity index (χ0n) is 7.33. The first kappa shape index (κ1) is 9.51. The number of H-pyrrole nitrogens is 1. The number of carboxylic acids is 1. The highest BCUT2D eigenvalue weighted by Crippen LogP contribution is 2.00. The van der Waals surface area contributed by atoms with Gasteiger partial charge in [-0.25, -0.2) is 4.79 Å². The summed E-state index contributed by atoms with van der Waals surface area (Å²) in [7, 11) is 0. The largest absolute Gasteiger partial charge is 0.478 e. The molecule has 0 aliphatic heterocycles. The van der Waals surface area contributed by atoms with Crippen molar-refractivity contribution in [2.75, 3.05) is 0 Å². The van der Waals surface area contributed by atoms with Gasteiger partial charge in [-0.15, -0.1) is 0 Å². The predicted octanol–water partition coefficient (Wildman–Crippen LogP) is 1.03. The number of aromatic carboxylic acids is 1. The normalized spacial score (nSPS) is 9.92. The van der Waals surface area contributed by atoms with Crippen molar-refractivity contribution in [1.29, 1.82) is 0 Å². The topological polar surface area (TPSA) is 70.2 Å². The first-order valence-corrected chi connectivity index (χ1v) is 4.10. The number of aryl methyl sites for hydroxylation is 1. The van der Waals surface area contributed by atoms with Crippen molar-refractivity contribution in [1.82, 2.24) is 4.98 Å². The van der Waals surface area contributed by atoms with Crippen molar-refractivity contribution in [3.8, 4) is 0 Å². The van der Waals surface area contributed by atoms with Gasteiger partial charge in [0.25, 0.3) is 5.56 Å². The van der Waals surface area contributed by atoms with Crippen LogP contribution in [-0.2, 0) is 6.42 Å². The molecular formula is C9H11NO3. The van der Waals surface area contributed by atoms with E-state index in [1.54, 1.807) is 0 Å². The Morgan fingerprint density at radius 1 is 1.62 bits per heavy atom. The van der Waals surface area contributed by atoms with E-state index in [2.05, 4.69) is 4.98 Å². The Balaban J connectivity index is 3.11. The zero-order chi connectivity index (χ0) is 9.84. The van der Waals surface area contributed by atoms with E-state index in [-0.39, 0.29) is 11.1 Å². The summed E-state index contributed by atoms with van der Waals surface area (Å²) in [5, 5.41) is 8.65. The molecule has 1 heterocycles. The molecule has 13 heavy (non-hydrogen) atoms. The molecule has 0 spiro atoms. The summed E-state index contributed by atoms with van der Waals surface area (Å²) in [6, 6.07) is 1.42. The summed E-state index contributed by atoms with van der Waals surface area (Å²) in [6.07, 6.45) is 2.65. The third-order valence-corrected chi connectivity index (χ3v) is 1.75. The van der Waals surface area contributed by atoms with Gasteiger partial charge in [-0.3, -0.25) is 4.79 Å². The molecule has 0 fully saturated rings. The first-order chi connectivity index (χ1) is 6.15. The summed E-state index contributed by atoms with van der Waals surface area (Å²) in [5.41, 5.74) is 0.456. The highest BCUT2D eigenvalue weighted by molar-refractivity contribution is 5.87. The summed E-state index contributed by atoms with van der Waals surface area (Å²) in [6.45, 7) is 1.94. The number of nitrogens with one attached hydrogen (secondary N) is 1. The number of aromatic nitrogens is 1. The van der Waals surface area contributed by atoms with Crippen LogP contribution >= 0.6 is 0 Å². The Bertz CT molecular complexity index is 367. The quantitative estimate of drug-likeness (QED) is 0.731. The highest BCUT2D eigenvalue weighted by atomic mass is 16.4. The van der Waals surface area contributed by atoms with Gasteiger partial charge >= 0.3 is 5.97 Å². The fraction of sp³-hybridized carbons (Fsp3) is 0.333. The second kappa shape index (κ2) is 3.89.